The van der Waals surface area contributed by atoms with Crippen LogP contribution in [0.5, 0.6) is 0 Å². The van der Waals surface area contributed by atoms with Gasteiger partial charge in [0.15, 0.2) is 0 Å². The average Bonchev–Trinajstić information content (AvgIpc) is 2.43. The van der Waals surface area contributed by atoms with E-state index in [-0.39, 0.29) is 18.5 Å². The summed E-state index contributed by atoms with van der Waals surface area (Å²) in [7, 11) is 0. The number of urea groups is 1. The zero-order valence-corrected chi connectivity index (χ0v) is 12.3. The van der Waals surface area contributed by atoms with Crippen molar-refractivity contribution >= 4 is 11.9 Å². The second kappa shape index (κ2) is 6.93. The summed E-state index contributed by atoms with van der Waals surface area (Å²) in [6, 6.07) is 9.67. The largest absolute Gasteiger partial charge is 0.369 e. The lowest BCUT2D eigenvalue weighted by molar-refractivity contribution is -0.125. The monoisotopic (exact) mass is 277 g/mol. The van der Waals surface area contributed by atoms with Crippen molar-refractivity contribution in [3.63, 3.8) is 0 Å². The third kappa shape index (κ3) is 4.91. The molecule has 20 heavy (non-hydrogen) atoms. The second-order valence-corrected chi connectivity index (χ2v) is 5.62. The Balaban J connectivity index is 2.35. The molecule has 5 heteroatoms. The molecule has 0 saturated heterocycles. The minimum Gasteiger partial charge on any atom is -0.369 e. The molecule has 0 saturated carbocycles. The van der Waals surface area contributed by atoms with E-state index in [4.69, 9.17) is 5.73 Å². The molecule has 0 bridgehead atoms. The zero-order chi connectivity index (χ0) is 15.2. The molecular weight excluding hydrogens is 254 g/mol. The van der Waals surface area contributed by atoms with E-state index in [0.29, 0.717) is 6.54 Å². The summed E-state index contributed by atoms with van der Waals surface area (Å²) in [5.41, 5.74) is 5.67. The standard InChI is InChI=1S/C15H23N3O2/c1-11(12-7-5-4-6-8-12)9-17-14(20)18-10-15(2,3)13(16)19/h4-8,11H,9-10H2,1-3H3,(H2,16,19)(H2,17,18,20)/t11-/m1/s1. The molecule has 1 aromatic rings. The molecule has 0 heterocycles. The van der Waals surface area contributed by atoms with E-state index in [1.54, 1.807) is 13.8 Å². The van der Waals surface area contributed by atoms with E-state index in [0.717, 1.165) is 0 Å². The first-order chi connectivity index (χ1) is 9.33. The van der Waals surface area contributed by atoms with Crippen LogP contribution in [0.15, 0.2) is 30.3 Å². The van der Waals surface area contributed by atoms with Crippen molar-refractivity contribution in [3.05, 3.63) is 35.9 Å². The van der Waals surface area contributed by atoms with Gasteiger partial charge in [-0.15, -0.1) is 0 Å². The summed E-state index contributed by atoms with van der Waals surface area (Å²) in [6.07, 6.45) is 0. The highest BCUT2D eigenvalue weighted by Gasteiger charge is 2.25. The fourth-order valence-corrected chi connectivity index (χ4v) is 1.60. The Bertz CT molecular complexity index is 457. The number of hydrogen-bond donors (Lipinski definition) is 3. The molecule has 0 radical (unpaired) electrons. The Morgan fingerprint density at radius 1 is 1.20 bits per heavy atom. The van der Waals surface area contributed by atoms with E-state index < -0.39 is 11.3 Å². The van der Waals surface area contributed by atoms with Crippen molar-refractivity contribution in [2.24, 2.45) is 11.1 Å². The van der Waals surface area contributed by atoms with Gasteiger partial charge in [-0.1, -0.05) is 37.3 Å². The van der Waals surface area contributed by atoms with Gasteiger partial charge in [-0.05, 0) is 25.3 Å². The van der Waals surface area contributed by atoms with Gasteiger partial charge in [-0.3, -0.25) is 4.79 Å². The molecule has 0 aliphatic heterocycles. The third-order valence-electron chi connectivity index (χ3n) is 3.30. The van der Waals surface area contributed by atoms with Gasteiger partial charge in [0.05, 0.1) is 5.41 Å². The first-order valence-electron chi connectivity index (χ1n) is 6.69. The Hall–Kier alpha value is -2.04. The van der Waals surface area contributed by atoms with E-state index in [2.05, 4.69) is 10.6 Å². The van der Waals surface area contributed by atoms with Crippen LogP contribution in [0.25, 0.3) is 0 Å². The molecule has 110 valence electrons. The lowest BCUT2D eigenvalue weighted by Gasteiger charge is -2.21. The zero-order valence-electron chi connectivity index (χ0n) is 12.3. The molecule has 1 aromatic carbocycles. The van der Waals surface area contributed by atoms with Crippen molar-refractivity contribution in [3.8, 4) is 0 Å². The van der Waals surface area contributed by atoms with Crippen LogP contribution in [0.2, 0.25) is 0 Å². The topological polar surface area (TPSA) is 84.2 Å². The smallest absolute Gasteiger partial charge is 0.314 e. The van der Waals surface area contributed by atoms with Gasteiger partial charge < -0.3 is 16.4 Å². The maximum atomic E-state index is 11.7. The fourth-order valence-electron chi connectivity index (χ4n) is 1.60. The maximum absolute atomic E-state index is 11.7. The molecule has 0 unspecified atom stereocenters. The van der Waals surface area contributed by atoms with Gasteiger partial charge in [0.2, 0.25) is 5.91 Å². The summed E-state index contributed by atoms with van der Waals surface area (Å²) >= 11 is 0. The minimum absolute atomic E-state index is 0.216. The summed E-state index contributed by atoms with van der Waals surface area (Å²) in [5, 5.41) is 5.45. The SMILES string of the molecule is C[C@H](CNC(=O)NCC(C)(C)C(N)=O)c1ccccc1. The number of rotatable bonds is 6. The van der Waals surface area contributed by atoms with Crippen LogP contribution in [0.1, 0.15) is 32.3 Å². The predicted molar refractivity (Wildman–Crippen MR) is 79.2 cm³/mol. The summed E-state index contributed by atoms with van der Waals surface area (Å²) < 4.78 is 0. The third-order valence-corrected chi connectivity index (χ3v) is 3.30. The van der Waals surface area contributed by atoms with Crippen molar-refractivity contribution in [2.75, 3.05) is 13.1 Å². The van der Waals surface area contributed by atoms with E-state index >= 15 is 0 Å². The molecule has 0 fully saturated rings. The lowest BCUT2D eigenvalue weighted by atomic mass is 9.93. The molecule has 0 aliphatic carbocycles. The molecule has 0 spiro atoms. The summed E-state index contributed by atoms with van der Waals surface area (Å²) in [5.74, 6) is -0.207. The number of carbonyl (C=O) groups excluding carboxylic acids is 2. The normalized spacial score (nSPS) is 12.6. The van der Waals surface area contributed by atoms with Gasteiger partial charge in [-0.25, -0.2) is 4.79 Å². The molecule has 1 atom stereocenters. The number of hydrogen-bond acceptors (Lipinski definition) is 2. The van der Waals surface area contributed by atoms with Crippen molar-refractivity contribution in [1.82, 2.24) is 10.6 Å². The number of nitrogens with one attached hydrogen (secondary N) is 2. The Morgan fingerprint density at radius 3 is 2.35 bits per heavy atom. The van der Waals surface area contributed by atoms with Gasteiger partial charge in [0.1, 0.15) is 0 Å². The van der Waals surface area contributed by atoms with Crippen LogP contribution >= 0.6 is 0 Å². The Labute approximate surface area is 119 Å². The second-order valence-electron chi connectivity index (χ2n) is 5.62. The highest BCUT2D eigenvalue weighted by Crippen LogP contribution is 2.13. The number of amides is 3. The van der Waals surface area contributed by atoms with Gasteiger partial charge in [0.25, 0.3) is 0 Å². The first kappa shape index (κ1) is 16.0. The van der Waals surface area contributed by atoms with E-state index in [1.807, 2.05) is 37.3 Å². The number of nitrogens with two attached hydrogens (primary N) is 1. The van der Waals surface area contributed by atoms with Crippen LogP contribution in [0.3, 0.4) is 0 Å². The fraction of sp³-hybridized carbons (Fsp3) is 0.467. The number of carbonyl (C=O) groups is 2. The quantitative estimate of drug-likeness (QED) is 0.738. The maximum Gasteiger partial charge on any atom is 0.314 e. The van der Waals surface area contributed by atoms with Crippen LogP contribution in [-0.2, 0) is 4.79 Å². The number of benzene rings is 1. The van der Waals surface area contributed by atoms with E-state index in [1.165, 1.54) is 5.56 Å². The average molecular weight is 277 g/mol. The van der Waals surface area contributed by atoms with E-state index in [9.17, 15) is 9.59 Å². The van der Waals surface area contributed by atoms with Crippen LogP contribution in [0.4, 0.5) is 4.79 Å². The Morgan fingerprint density at radius 2 is 1.80 bits per heavy atom. The van der Waals surface area contributed by atoms with Crippen LogP contribution in [-0.4, -0.2) is 25.0 Å². The Kier molecular flexibility index (Phi) is 5.55. The van der Waals surface area contributed by atoms with Crippen molar-refractivity contribution in [2.45, 2.75) is 26.7 Å². The summed E-state index contributed by atoms with van der Waals surface area (Å²) in [6.45, 7) is 6.19. The highest BCUT2D eigenvalue weighted by molar-refractivity contribution is 5.81. The molecule has 1 rings (SSSR count). The molecule has 5 nitrogen and oxygen atoms in total. The van der Waals surface area contributed by atoms with Crippen molar-refractivity contribution in [1.29, 1.82) is 0 Å². The van der Waals surface area contributed by atoms with Crippen LogP contribution < -0.4 is 16.4 Å². The minimum atomic E-state index is -0.748. The molecule has 3 amide bonds. The van der Waals surface area contributed by atoms with Crippen molar-refractivity contribution < 1.29 is 9.59 Å². The van der Waals surface area contributed by atoms with Gasteiger partial charge in [-0.2, -0.15) is 0 Å². The van der Waals surface area contributed by atoms with Gasteiger partial charge in [0, 0.05) is 13.1 Å². The van der Waals surface area contributed by atoms with Gasteiger partial charge >= 0.3 is 6.03 Å². The number of primary amides is 1. The van der Waals surface area contributed by atoms with Crippen LogP contribution in [0, 0.1) is 5.41 Å². The highest BCUT2D eigenvalue weighted by atomic mass is 16.2. The predicted octanol–water partition coefficient (Wildman–Crippen LogP) is 1.60. The molecule has 0 aromatic heterocycles. The lowest BCUT2D eigenvalue weighted by Crippen LogP contribution is -2.46. The molecule has 4 N–H and O–H groups in total. The molecule has 0 aliphatic rings. The summed E-state index contributed by atoms with van der Waals surface area (Å²) in [4.78, 5) is 22.8. The first-order valence-corrected chi connectivity index (χ1v) is 6.69. The molecular formula is C15H23N3O2.